The number of thiazole rings is 1. The molecule has 8 heteroatoms. The number of carbonyl (C=O) groups excluding carboxylic acids is 1. The van der Waals surface area contributed by atoms with Crippen LogP contribution < -0.4 is 14.9 Å². The number of benzene rings is 3. The number of aromatic nitrogens is 2. The predicted molar refractivity (Wildman–Crippen MR) is 160 cm³/mol. The largest absolute Gasteiger partial charge is 0.459 e. The molecule has 3 aromatic carbocycles. The zero-order valence-corrected chi connectivity index (χ0v) is 23.7. The number of fused-ring (bicyclic) bond motifs is 2. The molecule has 1 N–H and O–H groups in total. The molecule has 0 saturated carbocycles. The zero-order valence-electron chi connectivity index (χ0n) is 22.1. The van der Waals surface area contributed by atoms with Crippen LogP contribution >= 0.6 is 22.9 Å². The Labute approximate surface area is 239 Å². The number of halogens is 1. The highest BCUT2D eigenvalue weighted by Crippen LogP contribution is 2.33. The highest BCUT2D eigenvalue weighted by Gasteiger charge is 2.33. The molecule has 1 aliphatic heterocycles. The molecule has 3 heterocycles. The average Bonchev–Trinajstić information content (AvgIpc) is 3.45. The first-order valence-electron chi connectivity index (χ1n) is 13.0. The van der Waals surface area contributed by atoms with Crippen LogP contribution in [0.15, 0.2) is 99.9 Å². The molecule has 6 nitrogen and oxygen atoms in total. The highest BCUT2D eigenvalue weighted by atomic mass is 35.5. The Hall–Kier alpha value is -4.20. The van der Waals surface area contributed by atoms with E-state index >= 15 is 0 Å². The lowest BCUT2D eigenvalue weighted by Gasteiger charge is -2.25. The molecule has 1 aliphatic rings. The van der Waals surface area contributed by atoms with E-state index in [0.717, 1.165) is 33.3 Å². The third-order valence-electron chi connectivity index (χ3n) is 6.85. The lowest BCUT2D eigenvalue weighted by Crippen LogP contribution is -2.40. The Balaban J connectivity index is 1.60. The maximum atomic E-state index is 14.1. The van der Waals surface area contributed by atoms with Gasteiger partial charge in [-0.3, -0.25) is 9.36 Å². The third kappa shape index (κ3) is 4.61. The van der Waals surface area contributed by atoms with Crippen LogP contribution in [0.2, 0.25) is 5.02 Å². The second-order valence-electron chi connectivity index (χ2n) is 9.91. The van der Waals surface area contributed by atoms with Gasteiger partial charge in [-0.25, -0.2) is 9.79 Å². The van der Waals surface area contributed by atoms with Crippen LogP contribution in [0.25, 0.3) is 28.2 Å². The summed E-state index contributed by atoms with van der Waals surface area (Å²) in [6.07, 6.45) is 1.61. The fourth-order valence-electron chi connectivity index (χ4n) is 5.10. The first-order chi connectivity index (χ1) is 19.3. The first-order valence-corrected chi connectivity index (χ1v) is 14.2. The minimum atomic E-state index is -0.696. The van der Waals surface area contributed by atoms with E-state index < -0.39 is 12.0 Å². The normalized spacial score (nSPS) is 15.4. The van der Waals surface area contributed by atoms with Crippen LogP contribution in [0.4, 0.5) is 0 Å². The van der Waals surface area contributed by atoms with Gasteiger partial charge >= 0.3 is 5.97 Å². The Kier molecular flexibility index (Phi) is 6.78. The molecule has 0 spiro atoms. The van der Waals surface area contributed by atoms with Crippen molar-refractivity contribution < 1.29 is 9.53 Å². The molecule has 0 bridgehead atoms. The minimum absolute atomic E-state index is 0.227. The van der Waals surface area contributed by atoms with E-state index in [1.54, 1.807) is 37.5 Å². The summed E-state index contributed by atoms with van der Waals surface area (Å²) in [6, 6.07) is 24.6. The molecular formula is C32H26ClN3O3S. The van der Waals surface area contributed by atoms with Crippen molar-refractivity contribution >= 4 is 45.9 Å². The van der Waals surface area contributed by atoms with Crippen molar-refractivity contribution in [3.05, 3.63) is 126 Å². The number of H-pyrrole nitrogens is 1. The molecule has 0 radical (unpaired) electrons. The summed E-state index contributed by atoms with van der Waals surface area (Å²) >= 11 is 7.49. The Morgan fingerprint density at radius 1 is 1.05 bits per heavy atom. The number of ether oxygens (including phenoxy) is 1. The summed E-state index contributed by atoms with van der Waals surface area (Å²) < 4.78 is 7.71. The topological polar surface area (TPSA) is 76.5 Å². The van der Waals surface area contributed by atoms with E-state index in [-0.39, 0.29) is 11.7 Å². The standard InChI is InChI=1S/C32H26ClN3O3S/c1-18(2)39-31(38)27-19(3)34-32-36(29(27)21-13-15-22(33)16-14-21)30(37)26(40-32)17-24-23-11-7-8-12-25(23)35-28(24)20-9-5-4-6-10-20/h4-18,29,35H,1-3H3/b26-17+/t29-/m0/s1. The number of aromatic amines is 1. The van der Waals surface area contributed by atoms with Gasteiger partial charge in [0.1, 0.15) is 0 Å². The fourth-order valence-corrected chi connectivity index (χ4v) is 6.25. The van der Waals surface area contributed by atoms with Crippen molar-refractivity contribution in [3.63, 3.8) is 0 Å². The van der Waals surface area contributed by atoms with Crippen molar-refractivity contribution in [2.45, 2.75) is 32.9 Å². The van der Waals surface area contributed by atoms with Gasteiger partial charge < -0.3 is 9.72 Å². The van der Waals surface area contributed by atoms with E-state index in [4.69, 9.17) is 21.3 Å². The molecule has 0 saturated heterocycles. The van der Waals surface area contributed by atoms with Gasteiger partial charge in [-0.2, -0.15) is 0 Å². The maximum absolute atomic E-state index is 14.1. The molecule has 0 fully saturated rings. The number of nitrogens with zero attached hydrogens (tertiary/aromatic N) is 2. The minimum Gasteiger partial charge on any atom is -0.459 e. The number of carbonyl (C=O) groups is 1. The molecule has 2 aromatic heterocycles. The van der Waals surface area contributed by atoms with Crippen molar-refractivity contribution in [2.75, 3.05) is 0 Å². The van der Waals surface area contributed by atoms with Crippen molar-refractivity contribution in [2.24, 2.45) is 4.99 Å². The summed E-state index contributed by atoms with van der Waals surface area (Å²) in [5, 5.41) is 1.58. The third-order valence-corrected chi connectivity index (χ3v) is 8.09. The molecule has 0 unspecified atom stereocenters. The molecule has 0 aliphatic carbocycles. The number of para-hydroxylation sites is 1. The van der Waals surface area contributed by atoms with E-state index in [9.17, 15) is 9.59 Å². The predicted octanol–water partition coefficient (Wildman–Crippen LogP) is 5.99. The summed E-state index contributed by atoms with van der Waals surface area (Å²) in [5.41, 5.74) is 5.24. The van der Waals surface area contributed by atoms with Gasteiger partial charge in [-0.15, -0.1) is 0 Å². The summed E-state index contributed by atoms with van der Waals surface area (Å²) in [6.45, 7) is 5.38. The van der Waals surface area contributed by atoms with Crippen molar-refractivity contribution in [1.29, 1.82) is 0 Å². The Morgan fingerprint density at radius 2 is 1.75 bits per heavy atom. The maximum Gasteiger partial charge on any atom is 0.338 e. The second kappa shape index (κ2) is 10.4. The van der Waals surface area contributed by atoms with Crippen molar-refractivity contribution in [3.8, 4) is 11.3 Å². The summed E-state index contributed by atoms with van der Waals surface area (Å²) in [4.78, 5) is 36.2. The first kappa shape index (κ1) is 26.0. The average molecular weight is 568 g/mol. The molecule has 5 aromatic rings. The Morgan fingerprint density at radius 3 is 2.48 bits per heavy atom. The molecule has 0 amide bonds. The number of hydrogen-bond acceptors (Lipinski definition) is 5. The van der Waals surface area contributed by atoms with Crippen LogP contribution in [-0.4, -0.2) is 21.6 Å². The van der Waals surface area contributed by atoms with Crippen LogP contribution in [-0.2, 0) is 9.53 Å². The molecule has 200 valence electrons. The SMILES string of the molecule is CC1=C(C(=O)OC(C)C)[C@H](c2ccc(Cl)cc2)n2c(s/c(=C/c3c(-c4ccccc4)[nH]c4ccccc34)c2=O)=N1. The molecule has 1 atom stereocenters. The monoisotopic (exact) mass is 567 g/mol. The second-order valence-corrected chi connectivity index (χ2v) is 11.4. The summed E-state index contributed by atoms with van der Waals surface area (Å²) in [5.74, 6) is -0.492. The highest BCUT2D eigenvalue weighted by molar-refractivity contribution is 7.07. The molecular weight excluding hydrogens is 542 g/mol. The van der Waals surface area contributed by atoms with Gasteiger partial charge in [0.15, 0.2) is 4.80 Å². The molecule has 40 heavy (non-hydrogen) atoms. The smallest absolute Gasteiger partial charge is 0.338 e. The lowest BCUT2D eigenvalue weighted by atomic mass is 9.96. The van der Waals surface area contributed by atoms with Gasteiger partial charge in [0, 0.05) is 21.5 Å². The van der Waals surface area contributed by atoms with Crippen LogP contribution in [0.3, 0.4) is 0 Å². The van der Waals surface area contributed by atoms with E-state index in [1.807, 2.05) is 72.8 Å². The number of esters is 1. The number of rotatable bonds is 5. The fraction of sp³-hybridized carbons (Fsp3) is 0.156. The van der Waals surface area contributed by atoms with Gasteiger partial charge in [0.2, 0.25) is 0 Å². The van der Waals surface area contributed by atoms with E-state index in [1.165, 1.54) is 11.3 Å². The number of allylic oxidation sites excluding steroid dienone is 1. The number of nitrogens with one attached hydrogen (secondary N) is 1. The lowest BCUT2D eigenvalue weighted by molar-refractivity contribution is -0.143. The zero-order chi connectivity index (χ0) is 28.0. The molecule has 6 rings (SSSR count). The van der Waals surface area contributed by atoms with Crippen molar-refractivity contribution in [1.82, 2.24) is 9.55 Å². The number of hydrogen-bond donors (Lipinski definition) is 1. The van der Waals surface area contributed by atoms with Gasteiger partial charge in [0.25, 0.3) is 5.56 Å². The van der Waals surface area contributed by atoms with Gasteiger partial charge in [0.05, 0.1) is 33.6 Å². The Bertz CT molecular complexity index is 1970. The van der Waals surface area contributed by atoms with Gasteiger partial charge in [-0.1, -0.05) is 83.6 Å². The van der Waals surface area contributed by atoms with Crippen LogP contribution in [0.1, 0.15) is 37.9 Å². The summed E-state index contributed by atoms with van der Waals surface area (Å²) in [7, 11) is 0. The quantitative estimate of drug-likeness (QED) is 0.265. The van der Waals surface area contributed by atoms with Crippen LogP contribution in [0.5, 0.6) is 0 Å². The van der Waals surface area contributed by atoms with E-state index in [2.05, 4.69) is 4.98 Å². The van der Waals surface area contributed by atoms with Gasteiger partial charge in [-0.05, 0) is 56.2 Å². The van der Waals surface area contributed by atoms with Crippen LogP contribution in [0, 0.1) is 0 Å². The van der Waals surface area contributed by atoms with E-state index in [0.29, 0.717) is 25.6 Å².